The molecule has 0 saturated heterocycles. The Morgan fingerprint density at radius 2 is 1.84 bits per heavy atom. The molecule has 1 N–H and O–H groups in total. The van der Waals surface area contributed by atoms with Gasteiger partial charge < -0.3 is 5.32 Å². The van der Waals surface area contributed by atoms with Gasteiger partial charge in [-0.25, -0.2) is 0 Å². The highest BCUT2D eigenvalue weighted by Crippen LogP contribution is 2.21. The molecule has 6 heteroatoms. The summed E-state index contributed by atoms with van der Waals surface area (Å²) < 4.78 is 1.81. The van der Waals surface area contributed by atoms with Crippen molar-refractivity contribution in [3.63, 3.8) is 0 Å². The minimum atomic E-state index is -0.120. The van der Waals surface area contributed by atoms with E-state index in [4.69, 9.17) is 0 Å². The van der Waals surface area contributed by atoms with Crippen molar-refractivity contribution >= 4 is 22.4 Å². The number of nitrogens with zero attached hydrogens (tertiary/aromatic N) is 5. The fourth-order valence-electron chi connectivity index (χ4n) is 2.85. The third-order valence-electron chi connectivity index (χ3n) is 4.11. The lowest BCUT2D eigenvalue weighted by Crippen LogP contribution is -2.17. The van der Waals surface area contributed by atoms with Gasteiger partial charge in [0.2, 0.25) is 0 Å². The van der Waals surface area contributed by atoms with E-state index in [0.29, 0.717) is 6.54 Å². The molecule has 4 rings (SSSR count). The van der Waals surface area contributed by atoms with Gasteiger partial charge in [-0.05, 0) is 23.8 Å². The van der Waals surface area contributed by atoms with Crippen molar-refractivity contribution in [3.05, 3.63) is 60.0 Å². The first-order valence-corrected chi connectivity index (χ1v) is 8.32. The number of hydrogen-bond acceptors (Lipinski definition) is 5. The first-order valence-electron chi connectivity index (χ1n) is 8.32. The first-order chi connectivity index (χ1) is 12.0. The number of rotatable bonds is 3. The van der Waals surface area contributed by atoms with Gasteiger partial charge in [-0.2, -0.15) is 4.52 Å². The molecule has 0 aliphatic heterocycles. The lowest BCUT2D eigenvalue weighted by molar-refractivity contribution is 0.527. The highest BCUT2D eigenvalue weighted by Gasteiger charge is 2.21. The van der Waals surface area contributed by atoms with Gasteiger partial charge >= 0.3 is 0 Å². The standard InChI is InChI=1S/C19H20N6/c1-19(2,3)18-23-22-16-10-9-15(24-25(16)18)21-12-14-7-4-6-13-8-5-11-20-17(13)14/h4-11H,12H2,1-3H3,(H,21,24). The molecule has 3 aromatic heterocycles. The zero-order chi connectivity index (χ0) is 17.4. The van der Waals surface area contributed by atoms with E-state index in [1.165, 1.54) is 0 Å². The number of nitrogens with one attached hydrogen (secondary N) is 1. The van der Waals surface area contributed by atoms with Crippen LogP contribution in [-0.4, -0.2) is 24.8 Å². The van der Waals surface area contributed by atoms with Crippen molar-refractivity contribution in [2.45, 2.75) is 32.7 Å². The van der Waals surface area contributed by atoms with Crippen molar-refractivity contribution in [1.29, 1.82) is 0 Å². The molecule has 0 aliphatic carbocycles. The van der Waals surface area contributed by atoms with E-state index in [1.807, 2.05) is 28.9 Å². The summed E-state index contributed by atoms with van der Waals surface area (Å²) in [5, 5.41) is 17.7. The molecule has 6 nitrogen and oxygen atoms in total. The van der Waals surface area contributed by atoms with Crippen LogP contribution in [-0.2, 0) is 12.0 Å². The van der Waals surface area contributed by atoms with E-state index in [9.17, 15) is 0 Å². The zero-order valence-electron chi connectivity index (χ0n) is 14.6. The van der Waals surface area contributed by atoms with Crippen LogP contribution in [0.3, 0.4) is 0 Å². The molecule has 3 heterocycles. The second kappa shape index (κ2) is 5.81. The van der Waals surface area contributed by atoms with Crippen molar-refractivity contribution in [1.82, 2.24) is 24.8 Å². The highest BCUT2D eigenvalue weighted by atomic mass is 15.4. The maximum absolute atomic E-state index is 4.66. The lowest BCUT2D eigenvalue weighted by Gasteiger charge is -2.15. The average molecular weight is 332 g/mol. The summed E-state index contributed by atoms with van der Waals surface area (Å²) in [7, 11) is 0. The van der Waals surface area contributed by atoms with E-state index in [0.717, 1.165) is 33.8 Å². The molecule has 0 atom stereocenters. The predicted molar refractivity (Wildman–Crippen MR) is 98.6 cm³/mol. The fourth-order valence-corrected chi connectivity index (χ4v) is 2.85. The first kappa shape index (κ1) is 15.5. The fraction of sp³-hybridized carbons (Fsp3) is 0.263. The summed E-state index contributed by atoms with van der Waals surface area (Å²) in [5.41, 5.74) is 2.78. The van der Waals surface area contributed by atoms with Crippen molar-refractivity contribution < 1.29 is 0 Å². The zero-order valence-corrected chi connectivity index (χ0v) is 14.6. The average Bonchev–Trinajstić information content (AvgIpc) is 3.03. The number of fused-ring (bicyclic) bond motifs is 2. The lowest BCUT2D eigenvalue weighted by atomic mass is 9.96. The van der Waals surface area contributed by atoms with E-state index >= 15 is 0 Å². The van der Waals surface area contributed by atoms with Gasteiger partial charge in [-0.3, -0.25) is 4.98 Å². The molecule has 0 bridgehead atoms. The van der Waals surface area contributed by atoms with Crippen molar-refractivity contribution in [2.75, 3.05) is 5.32 Å². The Kier molecular flexibility index (Phi) is 3.60. The van der Waals surface area contributed by atoms with E-state index in [-0.39, 0.29) is 5.41 Å². The number of anilines is 1. The molecular weight excluding hydrogens is 312 g/mol. The molecule has 0 amide bonds. The van der Waals surface area contributed by atoms with Gasteiger partial charge in [0.1, 0.15) is 5.82 Å². The quantitative estimate of drug-likeness (QED) is 0.621. The molecule has 4 aromatic rings. The van der Waals surface area contributed by atoms with Crippen LogP contribution in [0.4, 0.5) is 5.82 Å². The Bertz CT molecular complexity index is 1040. The molecule has 0 aliphatic rings. The summed E-state index contributed by atoms with van der Waals surface area (Å²) in [6.07, 6.45) is 1.82. The van der Waals surface area contributed by atoms with Gasteiger partial charge in [0.15, 0.2) is 11.5 Å². The van der Waals surface area contributed by atoms with Crippen LogP contribution >= 0.6 is 0 Å². The number of benzene rings is 1. The van der Waals surface area contributed by atoms with Gasteiger partial charge in [-0.15, -0.1) is 15.3 Å². The monoisotopic (exact) mass is 332 g/mol. The summed E-state index contributed by atoms with van der Waals surface area (Å²) in [5.74, 6) is 1.63. The maximum atomic E-state index is 4.66. The van der Waals surface area contributed by atoms with Crippen LogP contribution in [0.5, 0.6) is 0 Å². The number of para-hydroxylation sites is 1. The molecule has 0 radical (unpaired) electrons. The molecule has 0 fully saturated rings. The van der Waals surface area contributed by atoms with Crippen LogP contribution in [0.15, 0.2) is 48.7 Å². The largest absolute Gasteiger partial charge is 0.364 e. The van der Waals surface area contributed by atoms with Gasteiger partial charge in [0.25, 0.3) is 0 Å². The maximum Gasteiger partial charge on any atom is 0.178 e. The second-order valence-corrected chi connectivity index (χ2v) is 7.11. The smallest absolute Gasteiger partial charge is 0.178 e. The highest BCUT2D eigenvalue weighted by molar-refractivity contribution is 5.81. The topological polar surface area (TPSA) is 68.0 Å². The summed E-state index contributed by atoms with van der Waals surface area (Å²) in [4.78, 5) is 4.50. The Balaban J connectivity index is 1.64. The van der Waals surface area contributed by atoms with Crippen LogP contribution in [0.2, 0.25) is 0 Å². The molecule has 25 heavy (non-hydrogen) atoms. The Morgan fingerprint density at radius 3 is 2.68 bits per heavy atom. The molecule has 0 unspecified atom stereocenters. The van der Waals surface area contributed by atoms with Crippen molar-refractivity contribution in [2.24, 2.45) is 0 Å². The van der Waals surface area contributed by atoms with E-state index < -0.39 is 0 Å². The van der Waals surface area contributed by atoms with Gasteiger partial charge in [-0.1, -0.05) is 45.0 Å². The molecule has 1 aromatic carbocycles. The summed E-state index contributed by atoms with van der Waals surface area (Å²) >= 11 is 0. The molecular formula is C19H20N6. The normalized spacial score (nSPS) is 12.0. The molecule has 0 saturated carbocycles. The number of hydrogen-bond donors (Lipinski definition) is 1. The van der Waals surface area contributed by atoms with Gasteiger partial charge in [0.05, 0.1) is 5.52 Å². The third kappa shape index (κ3) is 2.91. The van der Waals surface area contributed by atoms with E-state index in [2.05, 4.69) is 70.6 Å². The number of pyridine rings is 1. The molecule has 126 valence electrons. The van der Waals surface area contributed by atoms with Gasteiger partial charge in [0, 0.05) is 23.5 Å². The Hall–Kier alpha value is -3.02. The molecule has 0 spiro atoms. The van der Waals surface area contributed by atoms with Crippen LogP contribution < -0.4 is 5.32 Å². The van der Waals surface area contributed by atoms with Crippen molar-refractivity contribution in [3.8, 4) is 0 Å². The SMILES string of the molecule is CC(C)(C)c1nnc2ccc(NCc3cccc4cccnc34)nn12. The minimum Gasteiger partial charge on any atom is -0.364 e. The van der Waals surface area contributed by atoms with E-state index in [1.54, 1.807) is 0 Å². The Morgan fingerprint density at radius 1 is 1.00 bits per heavy atom. The minimum absolute atomic E-state index is 0.120. The third-order valence-corrected chi connectivity index (χ3v) is 4.11. The van der Waals surface area contributed by atoms with Crippen LogP contribution in [0.1, 0.15) is 32.2 Å². The summed E-state index contributed by atoms with van der Waals surface area (Å²) in [6.45, 7) is 6.97. The van der Waals surface area contributed by atoms with Crippen LogP contribution in [0.25, 0.3) is 16.6 Å². The second-order valence-electron chi connectivity index (χ2n) is 7.11. The Labute approximate surface area is 145 Å². The number of aromatic nitrogens is 5. The van der Waals surface area contributed by atoms with Crippen LogP contribution in [0, 0.1) is 0 Å². The predicted octanol–water partition coefficient (Wildman–Crippen LogP) is 3.58. The summed E-state index contributed by atoms with van der Waals surface area (Å²) in [6, 6.07) is 14.1.